The van der Waals surface area contributed by atoms with E-state index in [1.807, 2.05) is 66.7 Å². The summed E-state index contributed by atoms with van der Waals surface area (Å²) >= 11 is 2.69. The lowest BCUT2D eigenvalue weighted by atomic mass is 9.88. The van der Waals surface area contributed by atoms with Crippen molar-refractivity contribution in [3.05, 3.63) is 88.3 Å². The van der Waals surface area contributed by atoms with Crippen molar-refractivity contribution in [2.75, 3.05) is 17.7 Å². The first-order valence-electron chi connectivity index (χ1n) is 13.3. The smallest absolute Gasteiger partial charge is 0.341 e. The van der Waals surface area contributed by atoms with Crippen LogP contribution >= 0.6 is 23.1 Å². The van der Waals surface area contributed by atoms with Crippen molar-refractivity contribution in [3.63, 3.8) is 0 Å². The maximum atomic E-state index is 13.2. The number of nitrogens with one attached hydrogen (secondary N) is 1. The van der Waals surface area contributed by atoms with Gasteiger partial charge in [-0.05, 0) is 49.3 Å². The molecule has 202 valence electrons. The van der Waals surface area contributed by atoms with Crippen LogP contribution in [0, 0.1) is 17.2 Å². The van der Waals surface area contributed by atoms with E-state index in [0.717, 1.165) is 52.1 Å². The fourth-order valence-corrected chi connectivity index (χ4v) is 7.11. The van der Waals surface area contributed by atoms with Gasteiger partial charge in [-0.2, -0.15) is 5.26 Å². The first kappa shape index (κ1) is 27.6. The fourth-order valence-electron chi connectivity index (χ4n) is 4.89. The number of aromatic nitrogens is 1. The van der Waals surface area contributed by atoms with Gasteiger partial charge in [0.05, 0.1) is 29.2 Å². The summed E-state index contributed by atoms with van der Waals surface area (Å²) in [7, 11) is 0. The quantitative estimate of drug-likeness (QED) is 0.176. The van der Waals surface area contributed by atoms with Gasteiger partial charge in [-0.1, -0.05) is 79.3 Å². The minimum atomic E-state index is -0.394. The third-order valence-corrected chi connectivity index (χ3v) is 8.98. The number of rotatable bonds is 8. The maximum Gasteiger partial charge on any atom is 0.341 e. The first-order valence-corrected chi connectivity index (χ1v) is 15.1. The van der Waals surface area contributed by atoms with Gasteiger partial charge >= 0.3 is 5.97 Å². The van der Waals surface area contributed by atoms with Gasteiger partial charge in [0.15, 0.2) is 0 Å². The summed E-state index contributed by atoms with van der Waals surface area (Å²) in [5, 5.41) is 14.1. The molecule has 0 fully saturated rings. The molecular weight excluding hydrogens is 539 g/mol. The largest absolute Gasteiger partial charge is 0.462 e. The van der Waals surface area contributed by atoms with E-state index in [9.17, 15) is 14.9 Å². The van der Waals surface area contributed by atoms with E-state index in [2.05, 4.69) is 18.3 Å². The van der Waals surface area contributed by atoms with Crippen LogP contribution in [0.4, 0.5) is 5.00 Å². The summed E-state index contributed by atoms with van der Waals surface area (Å²) in [6.07, 6.45) is 2.69. The molecule has 1 N–H and O–H groups in total. The van der Waals surface area contributed by atoms with E-state index in [1.54, 1.807) is 6.92 Å². The molecule has 1 amide bonds. The zero-order valence-corrected chi connectivity index (χ0v) is 24.0. The number of amides is 1. The number of fused-ring (bicyclic) bond motifs is 1. The molecule has 6 nitrogen and oxygen atoms in total. The highest BCUT2D eigenvalue weighted by atomic mass is 32.2. The molecule has 1 atom stereocenters. The Morgan fingerprint density at radius 3 is 2.50 bits per heavy atom. The van der Waals surface area contributed by atoms with Gasteiger partial charge in [0.25, 0.3) is 0 Å². The van der Waals surface area contributed by atoms with Gasteiger partial charge < -0.3 is 10.1 Å². The third kappa shape index (κ3) is 5.96. The summed E-state index contributed by atoms with van der Waals surface area (Å²) < 4.78 is 5.34. The average molecular weight is 568 g/mol. The molecule has 0 aliphatic heterocycles. The normalized spacial score (nSPS) is 14.2. The lowest BCUT2D eigenvalue weighted by Gasteiger charge is -2.18. The average Bonchev–Trinajstić information content (AvgIpc) is 3.33. The minimum Gasteiger partial charge on any atom is -0.462 e. The number of hydrogen-bond acceptors (Lipinski definition) is 7. The third-order valence-electron chi connectivity index (χ3n) is 6.84. The standard InChI is InChI=1S/C32H29N3O3S2/c1-3-38-32(37)29-23-15-14-20(2)16-27(23)40-31(29)35-28(36)19-39-30-25(18-33)24(21-10-6-4-7-11-21)17-26(34-30)22-12-8-5-9-13-22/h4-13,17,20H,3,14-16,19H2,1-2H3,(H,35,36)/t20-/m0/s1. The molecule has 2 heterocycles. The molecule has 5 rings (SSSR count). The molecule has 1 aliphatic carbocycles. The van der Waals surface area contributed by atoms with Crippen LogP contribution in [-0.4, -0.2) is 29.2 Å². The highest BCUT2D eigenvalue weighted by Crippen LogP contribution is 2.40. The molecular formula is C32H29N3O3S2. The number of esters is 1. The summed E-state index contributed by atoms with van der Waals surface area (Å²) in [6, 6.07) is 23.7. The van der Waals surface area contributed by atoms with Crippen LogP contribution in [-0.2, 0) is 22.4 Å². The van der Waals surface area contributed by atoms with Crippen LogP contribution in [0.1, 0.15) is 46.6 Å². The van der Waals surface area contributed by atoms with Crippen molar-refractivity contribution in [2.45, 2.75) is 38.1 Å². The number of ether oxygens (including phenoxy) is 1. The number of nitriles is 1. The van der Waals surface area contributed by atoms with E-state index < -0.39 is 5.97 Å². The summed E-state index contributed by atoms with van der Waals surface area (Å²) in [6.45, 7) is 4.25. The molecule has 2 aromatic heterocycles. The number of hydrogen-bond donors (Lipinski definition) is 1. The summed E-state index contributed by atoms with van der Waals surface area (Å²) in [4.78, 5) is 32.0. The zero-order valence-electron chi connectivity index (χ0n) is 22.4. The van der Waals surface area contributed by atoms with Crippen molar-refractivity contribution in [3.8, 4) is 28.5 Å². The number of carbonyl (C=O) groups excluding carboxylic acids is 2. The molecule has 0 unspecified atom stereocenters. The van der Waals surface area contributed by atoms with E-state index in [0.29, 0.717) is 27.1 Å². The second kappa shape index (κ2) is 12.5. The first-order chi connectivity index (χ1) is 19.5. The van der Waals surface area contributed by atoms with Gasteiger partial charge in [0.1, 0.15) is 16.1 Å². The molecule has 0 saturated heterocycles. The number of thioether (sulfide) groups is 1. The Morgan fingerprint density at radius 1 is 1.12 bits per heavy atom. The van der Waals surface area contributed by atoms with E-state index in [4.69, 9.17) is 9.72 Å². The number of pyridine rings is 1. The molecule has 0 spiro atoms. The van der Waals surface area contributed by atoms with Gasteiger partial charge in [-0.25, -0.2) is 9.78 Å². The van der Waals surface area contributed by atoms with Crippen LogP contribution in [0.2, 0.25) is 0 Å². The molecule has 1 aliphatic rings. The number of benzene rings is 2. The van der Waals surface area contributed by atoms with Crippen LogP contribution in [0.15, 0.2) is 71.8 Å². The van der Waals surface area contributed by atoms with E-state index in [-0.39, 0.29) is 18.3 Å². The monoisotopic (exact) mass is 567 g/mol. The van der Waals surface area contributed by atoms with Crippen molar-refractivity contribution in [2.24, 2.45) is 5.92 Å². The molecule has 4 aromatic rings. The number of anilines is 1. The Balaban J connectivity index is 1.44. The number of carbonyl (C=O) groups is 2. The fraction of sp³-hybridized carbons (Fsp3) is 0.250. The number of nitrogens with zero attached hydrogens (tertiary/aromatic N) is 2. The lowest BCUT2D eigenvalue weighted by Crippen LogP contribution is -2.18. The van der Waals surface area contributed by atoms with Crippen LogP contribution in [0.3, 0.4) is 0 Å². The molecule has 0 saturated carbocycles. The summed E-state index contributed by atoms with van der Waals surface area (Å²) in [5.74, 6) is -0.0881. The Labute approximate surface area is 242 Å². The Hall–Kier alpha value is -3.93. The van der Waals surface area contributed by atoms with Crippen molar-refractivity contribution in [1.29, 1.82) is 5.26 Å². The molecule has 2 aromatic carbocycles. The van der Waals surface area contributed by atoms with Crippen molar-refractivity contribution in [1.82, 2.24) is 4.98 Å². The Morgan fingerprint density at radius 2 is 1.82 bits per heavy atom. The van der Waals surface area contributed by atoms with Crippen LogP contribution in [0.25, 0.3) is 22.4 Å². The molecule has 0 radical (unpaired) electrons. The SMILES string of the molecule is CCOC(=O)c1c(NC(=O)CSc2nc(-c3ccccc3)cc(-c3ccccc3)c2C#N)sc2c1CC[C@H](C)C2. The van der Waals surface area contributed by atoms with Crippen LogP contribution in [0.5, 0.6) is 0 Å². The second-order valence-corrected chi connectivity index (χ2v) is 11.8. The van der Waals surface area contributed by atoms with Gasteiger partial charge in [-0.3, -0.25) is 4.79 Å². The molecule has 0 bridgehead atoms. The molecule has 8 heteroatoms. The van der Waals surface area contributed by atoms with Crippen LogP contribution < -0.4 is 5.32 Å². The van der Waals surface area contributed by atoms with Gasteiger partial charge in [0, 0.05) is 16.0 Å². The Kier molecular flexibility index (Phi) is 8.63. The lowest BCUT2D eigenvalue weighted by molar-refractivity contribution is -0.113. The number of thiophene rings is 1. The predicted molar refractivity (Wildman–Crippen MR) is 161 cm³/mol. The van der Waals surface area contributed by atoms with Crippen molar-refractivity contribution >= 4 is 40.0 Å². The van der Waals surface area contributed by atoms with Crippen molar-refractivity contribution < 1.29 is 14.3 Å². The minimum absolute atomic E-state index is 0.0371. The highest BCUT2D eigenvalue weighted by Gasteiger charge is 2.29. The maximum absolute atomic E-state index is 13.2. The predicted octanol–water partition coefficient (Wildman–Crippen LogP) is 7.38. The topological polar surface area (TPSA) is 92.1 Å². The Bertz CT molecular complexity index is 1580. The zero-order chi connectivity index (χ0) is 28.1. The molecule has 40 heavy (non-hydrogen) atoms. The van der Waals surface area contributed by atoms with Gasteiger partial charge in [-0.15, -0.1) is 11.3 Å². The second-order valence-electron chi connectivity index (χ2n) is 9.69. The highest BCUT2D eigenvalue weighted by molar-refractivity contribution is 8.00. The van der Waals surface area contributed by atoms with E-state index in [1.165, 1.54) is 23.1 Å². The van der Waals surface area contributed by atoms with Gasteiger partial charge in [0.2, 0.25) is 5.91 Å². The van der Waals surface area contributed by atoms with E-state index >= 15 is 0 Å². The summed E-state index contributed by atoms with van der Waals surface area (Å²) in [5.41, 5.74) is 5.24.